The summed E-state index contributed by atoms with van der Waals surface area (Å²) < 4.78 is 0. The summed E-state index contributed by atoms with van der Waals surface area (Å²) in [7, 11) is 0. The highest BCUT2D eigenvalue weighted by Gasteiger charge is 2.21. The van der Waals surface area contributed by atoms with Gasteiger partial charge in [0.05, 0.1) is 17.4 Å². The number of carbonyl (C=O) groups is 2. The summed E-state index contributed by atoms with van der Waals surface area (Å²) in [5, 5.41) is 14.3. The van der Waals surface area contributed by atoms with E-state index >= 15 is 0 Å². The summed E-state index contributed by atoms with van der Waals surface area (Å²) in [6.07, 6.45) is 7.54. The molecule has 1 aromatic rings. The highest BCUT2D eigenvalue weighted by Crippen LogP contribution is 2.28. The molecule has 1 saturated carbocycles. The minimum atomic E-state index is -1.07. The van der Waals surface area contributed by atoms with Gasteiger partial charge in [0.25, 0.3) is 0 Å². The lowest BCUT2D eigenvalue weighted by Crippen LogP contribution is -2.36. The van der Waals surface area contributed by atoms with Gasteiger partial charge in [-0.25, -0.2) is 9.59 Å². The Bertz CT molecular complexity index is 519. The van der Waals surface area contributed by atoms with Crippen LogP contribution >= 0.6 is 0 Å². The molecular weight excluding hydrogens is 270 g/mol. The third kappa shape index (κ3) is 4.44. The summed E-state index contributed by atoms with van der Waals surface area (Å²) in [6.45, 7) is 2.88. The Balaban J connectivity index is 1.84. The van der Waals surface area contributed by atoms with Gasteiger partial charge < -0.3 is 15.7 Å². The number of hydrogen-bond donors (Lipinski definition) is 3. The normalized spacial score (nSPS) is 21.6. The fourth-order valence-electron chi connectivity index (χ4n) is 2.72. The van der Waals surface area contributed by atoms with E-state index in [-0.39, 0.29) is 11.6 Å². The molecule has 2 rings (SSSR count). The molecule has 3 N–H and O–H groups in total. The van der Waals surface area contributed by atoms with Gasteiger partial charge in [-0.3, -0.25) is 4.98 Å². The van der Waals surface area contributed by atoms with Gasteiger partial charge in [0.2, 0.25) is 0 Å². The van der Waals surface area contributed by atoms with Crippen molar-refractivity contribution in [3.05, 3.63) is 24.0 Å². The van der Waals surface area contributed by atoms with E-state index in [1.165, 1.54) is 37.7 Å². The average molecular weight is 291 g/mol. The van der Waals surface area contributed by atoms with Gasteiger partial charge in [0, 0.05) is 12.7 Å². The van der Waals surface area contributed by atoms with Gasteiger partial charge in [-0.2, -0.15) is 0 Å². The fourth-order valence-corrected chi connectivity index (χ4v) is 2.72. The van der Waals surface area contributed by atoms with Crippen molar-refractivity contribution < 1.29 is 14.7 Å². The van der Waals surface area contributed by atoms with Gasteiger partial charge in [-0.1, -0.05) is 26.2 Å². The first-order valence-electron chi connectivity index (χ1n) is 7.29. The number of carboxylic acid groups (broad SMARTS) is 1. The van der Waals surface area contributed by atoms with Crippen LogP contribution < -0.4 is 10.6 Å². The second kappa shape index (κ2) is 7.06. The average Bonchev–Trinajstić information content (AvgIpc) is 2.46. The number of anilines is 1. The SMILES string of the molecule is CC1CCCCC1CNC(=O)Nc1cncc(C(=O)O)c1. The molecule has 0 spiro atoms. The number of amides is 2. The number of carbonyl (C=O) groups excluding carboxylic acids is 1. The maximum atomic E-state index is 11.8. The van der Waals surface area contributed by atoms with Crippen molar-refractivity contribution in [1.29, 1.82) is 0 Å². The Labute approximate surface area is 124 Å². The largest absolute Gasteiger partial charge is 0.478 e. The van der Waals surface area contributed by atoms with Gasteiger partial charge in [-0.05, 0) is 24.3 Å². The molecule has 0 saturated heterocycles. The zero-order valence-corrected chi connectivity index (χ0v) is 12.1. The highest BCUT2D eigenvalue weighted by atomic mass is 16.4. The van der Waals surface area contributed by atoms with Gasteiger partial charge >= 0.3 is 12.0 Å². The molecule has 0 bridgehead atoms. The standard InChI is InChI=1S/C15H21N3O3/c1-10-4-2-3-5-11(10)8-17-15(21)18-13-6-12(14(19)20)7-16-9-13/h6-7,9-11H,2-5,8H2,1H3,(H,19,20)(H2,17,18,21). The third-order valence-corrected chi connectivity index (χ3v) is 4.06. The molecule has 2 atom stereocenters. The Morgan fingerprint density at radius 2 is 2.10 bits per heavy atom. The molecule has 21 heavy (non-hydrogen) atoms. The van der Waals surface area contributed by atoms with E-state index in [0.717, 1.165) is 6.42 Å². The maximum Gasteiger partial charge on any atom is 0.337 e. The van der Waals surface area contributed by atoms with Crippen molar-refractivity contribution in [2.45, 2.75) is 32.6 Å². The zero-order valence-electron chi connectivity index (χ0n) is 12.1. The number of carboxylic acids is 1. The number of aromatic nitrogens is 1. The molecule has 0 aromatic carbocycles. The predicted molar refractivity (Wildman–Crippen MR) is 79.3 cm³/mol. The van der Waals surface area contributed by atoms with Crippen molar-refractivity contribution in [1.82, 2.24) is 10.3 Å². The first-order valence-corrected chi connectivity index (χ1v) is 7.29. The Hall–Kier alpha value is -2.11. The summed E-state index contributed by atoms with van der Waals surface area (Å²) in [5.41, 5.74) is 0.429. The molecule has 6 heteroatoms. The molecule has 1 fully saturated rings. The maximum absolute atomic E-state index is 11.8. The van der Waals surface area contributed by atoms with Crippen LogP contribution in [0.5, 0.6) is 0 Å². The van der Waals surface area contributed by atoms with Crippen molar-refractivity contribution in [3.63, 3.8) is 0 Å². The first kappa shape index (κ1) is 15.3. The van der Waals surface area contributed by atoms with Crippen molar-refractivity contribution in [3.8, 4) is 0 Å². The Kier molecular flexibility index (Phi) is 5.14. The van der Waals surface area contributed by atoms with E-state index in [2.05, 4.69) is 22.5 Å². The minimum absolute atomic E-state index is 0.0497. The van der Waals surface area contributed by atoms with E-state index < -0.39 is 5.97 Å². The molecule has 1 heterocycles. The summed E-state index contributed by atoms with van der Waals surface area (Å²) in [6, 6.07) is 1.06. The van der Waals surface area contributed by atoms with Gasteiger partial charge in [-0.15, -0.1) is 0 Å². The van der Waals surface area contributed by atoms with Crippen LogP contribution in [0.25, 0.3) is 0 Å². The van der Waals surface area contributed by atoms with Gasteiger partial charge in [0.15, 0.2) is 0 Å². The highest BCUT2D eigenvalue weighted by molar-refractivity contribution is 5.92. The zero-order chi connectivity index (χ0) is 15.2. The number of nitrogens with zero attached hydrogens (tertiary/aromatic N) is 1. The minimum Gasteiger partial charge on any atom is -0.478 e. The second-order valence-electron chi connectivity index (χ2n) is 5.62. The molecule has 2 unspecified atom stereocenters. The molecule has 1 aliphatic carbocycles. The smallest absolute Gasteiger partial charge is 0.337 e. The molecule has 0 radical (unpaired) electrons. The van der Waals surface area contributed by atoms with E-state index in [0.29, 0.717) is 24.1 Å². The monoisotopic (exact) mass is 291 g/mol. The lowest BCUT2D eigenvalue weighted by molar-refractivity contribution is 0.0696. The molecule has 1 aliphatic rings. The molecular formula is C15H21N3O3. The van der Waals surface area contributed by atoms with Crippen molar-refractivity contribution >= 4 is 17.7 Å². The Morgan fingerprint density at radius 1 is 1.33 bits per heavy atom. The number of nitrogens with one attached hydrogen (secondary N) is 2. The molecule has 6 nitrogen and oxygen atoms in total. The Morgan fingerprint density at radius 3 is 2.81 bits per heavy atom. The molecule has 114 valence electrons. The number of hydrogen-bond acceptors (Lipinski definition) is 3. The van der Waals surface area contributed by atoms with Crippen LogP contribution in [0.1, 0.15) is 43.0 Å². The summed E-state index contributed by atoms with van der Waals surface area (Å²) in [4.78, 5) is 26.5. The van der Waals surface area contributed by atoms with E-state index in [9.17, 15) is 9.59 Å². The quantitative estimate of drug-likeness (QED) is 0.795. The topological polar surface area (TPSA) is 91.3 Å². The number of rotatable bonds is 4. The molecule has 0 aliphatic heterocycles. The van der Waals surface area contributed by atoms with Crippen LogP contribution in [-0.4, -0.2) is 28.6 Å². The van der Waals surface area contributed by atoms with Crippen LogP contribution in [0.3, 0.4) is 0 Å². The number of pyridine rings is 1. The van der Waals surface area contributed by atoms with Crippen LogP contribution in [0.15, 0.2) is 18.5 Å². The number of aromatic carboxylic acids is 1. The van der Waals surface area contributed by atoms with Crippen LogP contribution in [-0.2, 0) is 0 Å². The van der Waals surface area contributed by atoms with E-state index in [4.69, 9.17) is 5.11 Å². The van der Waals surface area contributed by atoms with Crippen LogP contribution in [0.4, 0.5) is 10.5 Å². The van der Waals surface area contributed by atoms with Crippen molar-refractivity contribution in [2.24, 2.45) is 11.8 Å². The van der Waals surface area contributed by atoms with Crippen molar-refractivity contribution in [2.75, 3.05) is 11.9 Å². The van der Waals surface area contributed by atoms with Gasteiger partial charge in [0.1, 0.15) is 0 Å². The lowest BCUT2D eigenvalue weighted by atomic mass is 9.80. The molecule has 2 amide bonds. The third-order valence-electron chi connectivity index (χ3n) is 4.06. The van der Waals surface area contributed by atoms with Crippen LogP contribution in [0.2, 0.25) is 0 Å². The predicted octanol–water partition coefficient (Wildman–Crippen LogP) is 2.73. The second-order valence-corrected chi connectivity index (χ2v) is 5.62. The summed E-state index contributed by atoms with van der Waals surface area (Å²) in [5.74, 6) is 0.0895. The van der Waals surface area contributed by atoms with E-state index in [1.807, 2.05) is 0 Å². The molecule has 1 aromatic heterocycles. The van der Waals surface area contributed by atoms with Crippen LogP contribution in [0, 0.1) is 11.8 Å². The van der Waals surface area contributed by atoms with E-state index in [1.54, 1.807) is 0 Å². The lowest BCUT2D eigenvalue weighted by Gasteiger charge is -2.28. The first-order chi connectivity index (χ1) is 10.1. The fraction of sp³-hybridized carbons (Fsp3) is 0.533. The number of urea groups is 1. The summed E-state index contributed by atoms with van der Waals surface area (Å²) >= 11 is 0.